The molecule has 0 spiro atoms. The van der Waals surface area contributed by atoms with Gasteiger partial charge < -0.3 is 14.4 Å². The lowest BCUT2D eigenvalue weighted by Crippen LogP contribution is -2.42. The third kappa shape index (κ3) is 3.72. The third-order valence-corrected chi connectivity index (χ3v) is 5.16. The Morgan fingerprint density at radius 1 is 0.893 bits per heavy atom. The molecule has 0 N–H and O–H groups in total. The number of methoxy groups -OCH3 is 1. The van der Waals surface area contributed by atoms with Crippen LogP contribution in [0.5, 0.6) is 11.5 Å². The summed E-state index contributed by atoms with van der Waals surface area (Å²) in [6.07, 6.45) is 0.855. The minimum Gasteiger partial charge on any atom is -0.497 e. The fourth-order valence-corrected chi connectivity index (χ4v) is 3.63. The molecule has 0 fully saturated rings. The van der Waals surface area contributed by atoms with Crippen LogP contribution in [0.2, 0.25) is 0 Å². The van der Waals surface area contributed by atoms with Gasteiger partial charge in [0.1, 0.15) is 18.1 Å². The van der Waals surface area contributed by atoms with Crippen molar-refractivity contribution in [3.63, 3.8) is 0 Å². The van der Waals surface area contributed by atoms with Gasteiger partial charge in [-0.05, 0) is 47.9 Å². The summed E-state index contributed by atoms with van der Waals surface area (Å²) in [4.78, 5) is 15.1. The summed E-state index contributed by atoms with van der Waals surface area (Å²) in [6, 6.07) is 25.3. The first kappa shape index (κ1) is 18.1. The van der Waals surface area contributed by atoms with E-state index in [1.165, 1.54) is 0 Å². The SMILES string of the molecule is COc1ccc(OCC(c2ccccc2)N2CCc3ccccc3C2=O)cc1. The molecular formula is C24H23NO3. The Balaban J connectivity index is 1.58. The predicted molar refractivity (Wildman–Crippen MR) is 109 cm³/mol. The van der Waals surface area contributed by atoms with Gasteiger partial charge in [0.25, 0.3) is 5.91 Å². The summed E-state index contributed by atoms with van der Waals surface area (Å²) >= 11 is 0. The normalized spacial score (nSPS) is 14.3. The Bertz CT molecular complexity index is 938. The van der Waals surface area contributed by atoms with Gasteiger partial charge in [-0.2, -0.15) is 0 Å². The number of amides is 1. The highest BCUT2D eigenvalue weighted by Gasteiger charge is 2.31. The first-order chi connectivity index (χ1) is 13.8. The molecular weight excluding hydrogens is 350 g/mol. The quantitative estimate of drug-likeness (QED) is 0.638. The number of fused-ring (bicyclic) bond motifs is 1. The predicted octanol–water partition coefficient (Wildman–Crippen LogP) is 4.51. The molecule has 4 nitrogen and oxygen atoms in total. The van der Waals surface area contributed by atoms with Crippen molar-refractivity contribution in [2.45, 2.75) is 12.5 Å². The standard InChI is InChI=1S/C24H23NO3/c1-27-20-11-13-21(14-12-20)28-17-23(19-8-3-2-4-9-19)25-16-15-18-7-5-6-10-22(18)24(25)26/h2-14,23H,15-17H2,1H3. The Kier molecular flexibility index (Phi) is 5.29. The molecule has 1 aliphatic rings. The van der Waals surface area contributed by atoms with Crippen molar-refractivity contribution in [2.24, 2.45) is 0 Å². The highest BCUT2D eigenvalue weighted by Crippen LogP contribution is 2.29. The van der Waals surface area contributed by atoms with E-state index in [-0.39, 0.29) is 11.9 Å². The zero-order valence-electron chi connectivity index (χ0n) is 15.9. The maximum absolute atomic E-state index is 13.2. The molecule has 1 aliphatic heterocycles. The molecule has 0 radical (unpaired) electrons. The van der Waals surface area contributed by atoms with Crippen LogP contribution in [-0.4, -0.2) is 31.1 Å². The van der Waals surface area contributed by atoms with Crippen LogP contribution in [0.25, 0.3) is 0 Å². The molecule has 0 saturated heterocycles. The molecule has 4 heteroatoms. The lowest BCUT2D eigenvalue weighted by Gasteiger charge is -2.35. The summed E-state index contributed by atoms with van der Waals surface area (Å²) in [5, 5.41) is 0. The fraction of sp³-hybridized carbons (Fsp3) is 0.208. The first-order valence-corrected chi connectivity index (χ1v) is 9.47. The van der Waals surface area contributed by atoms with Crippen LogP contribution < -0.4 is 9.47 Å². The van der Waals surface area contributed by atoms with E-state index in [0.29, 0.717) is 13.2 Å². The van der Waals surface area contributed by atoms with E-state index in [0.717, 1.165) is 34.6 Å². The largest absolute Gasteiger partial charge is 0.497 e. The summed E-state index contributed by atoms with van der Waals surface area (Å²) in [5.74, 6) is 1.61. The molecule has 28 heavy (non-hydrogen) atoms. The van der Waals surface area contributed by atoms with Crippen molar-refractivity contribution in [1.29, 1.82) is 0 Å². The smallest absolute Gasteiger partial charge is 0.254 e. The summed E-state index contributed by atoms with van der Waals surface area (Å²) in [5.41, 5.74) is 2.98. The molecule has 1 heterocycles. The Morgan fingerprint density at radius 2 is 1.57 bits per heavy atom. The molecule has 1 atom stereocenters. The minimum atomic E-state index is -0.149. The number of hydrogen-bond donors (Lipinski definition) is 0. The van der Waals surface area contributed by atoms with Gasteiger partial charge in [-0.25, -0.2) is 0 Å². The summed E-state index contributed by atoms with van der Waals surface area (Å²) in [7, 11) is 1.64. The van der Waals surface area contributed by atoms with Gasteiger partial charge in [0, 0.05) is 12.1 Å². The van der Waals surface area contributed by atoms with Crippen molar-refractivity contribution in [3.05, 3.63) is 95.6 Å². The molecule has 1 unspecified atom stereocenters. The van der Waals surface area contributed by atoms with Crippen LogP contribution in [0, 0.1) is 0 Å². The first-order valence-electron chi connectivity index (χ1n) is 9.47. The Hall–Kier alpha value is -3.27. The van der Waals surface area contributed by atoms with Crippen LogP contribution in [-0.2, 0) is 6.42 Å². The van der Waals surface area contributed by atoms with Crippen molar-refractivity contribution < 1.29 is 14.3 Å². The molecule has 4 rings (SSSR count). The zero-order valence-corrected chi connectivity index (χ0v) is 15.9. The number of carbonyl (C=O) groups is 1. The van der Waals surface area contributed by atoms with Gasteiger partial charge in [0.15, 0.2) is 0 Å². The summed E-state index contributed by atoms with van der Waals surface area (Å²) in [6.45, 7) is 1.08. The number of rotatable bonds is 6. The van der Waals surface area contributed by atoms with Crippen LogP contribution in [0.4, 0.5) is 0 Å². The van der Waals surface area contributed by atoms with E-state index in [4.69, 9.17) is 9.47 Å². The van der Waals surface area contributed by atoms with Gasteiger partial charge in [0.2, 0.25) is 0 Å². The molecule has 142 valence electrons. The molecule has 0 bridgehead atoms. The average molecular weight is 373 g/mol. The van der Waals surface area contributed by atoms with E-state index in [1.54, 1.807) is 7.11 Å². The second-order valence-corrected chi connectivity index (χ2v) is 6.82. The van der Waals surface area contributed by atoms with E-state index in [9.17, 15) is 4.79 Å². The fourth-order valence-electron chi connectivity index (χ4n) is 3.63. The van der Waals surface area contributed by atoms with E-state index >= 15 is 0 Å². The van der Waals surface area contributed by atoms with E-state index in [1.807, 2.05) is 71.6 Å². The van der Waals surface area contributed by atoms with Crippen molar-refractivity contribution in [1.82, 2.24) is 4.90 Å². The Morgan fingerprint density at radius 3 is 2.32 bits per heavy atom. The molecule has 1 amide bonds. The van der Waals surface area contributed by atoms with Crippen LogP contribution in [0.3, 0.4) is 0 Å². The molecule has 0 aromatic heterocycles. The van der Waals surface area contributed by atoms with E-state index < -0.39 is 0 Å². The summed E-state index contributed by atoms with van der Waals surface area (Å²) < 4.78 is 11.3. The average Bonchev–Trinajstić information content (AvgIpc) is 2.76. The molecule has 0 saturated carbocycles. The maximum atomic E-state index is 13.2. The van der Waals surface area contributed by atoms with E-state index in [2.05, 4.69) is 12.1 Å². The maximum Gasteiger partial charge on any atom is 0.254 e. The van der Waals surface area contributed by atoms with Crippen molar-refractivity contribution in [3.8, 4) is 11.5 Å². The van der Waals surface area contributed by atoms with Crippen LogP contribution in [0.15, 0.2) is 78.9 Å². The second-order valence-electron chi connectivity index (χ2n) is 6.82. The number of carbonyl (C=O) groups excluding carboxylic acids is 1. The van der Waals surface area contributed by atoms with Gasteiger partial charge >= 0.3 is 0 Å². The second kappa shape index (κ2) is 8.17. The number of ether oxygens (including phenoxy) is 2. The van der Waals surface area contributed by atoms with Crippen LogP contribution >= 0.6 is 0 Å². The minimum absolute atomic E-state index is 0.0639. The molecule has 0 aliphatic carbocycles. The van der Waals surface area contributed by atoms with Crippen molar-refractivity contribution >= 4 is 5.91 Å². The lowest BCUT2D eigenvalue weighted by molar-refractivity contribution is 0.0590. The number of benzene rings is 3. The highest BCUT2D eigenvalue weighted by molar-refractivity contribution is 5.97. The lowest BCUT2D eigenvalue weighted by atomic mass is 9.96. The van der Waals surface area contributed by atoms with Crippen LogP contribution in [0.1, 0.15) is 27.5 Å². The Labute approximate surface area is 165 Å². The molecule has 3 aromatic carbocycles. The third-order valence-electron chi connectivity index (χ3n) is 5.16. The van der Waals surface area contributed by atoms with Gasteiger partial charge in [0.05, 0.1) is 13.2 Å². The monoisotopic (exact) mass is 373 g/mol. The van der Waals surface area contributed by atoms with Crippen molar-refractivity contribution in [2.75, 3.05) is 20.3 Å². The number of nitrogens with zero attached hydrogens (tertiary/aromatic N) is 1. The van der Waals surface area contributed by atoms with Gasteiger partial charge in [-0.15, -0.1) is 0 Å². The highest BCUT2D eigenvalue weighted by atomic mass is 16.5. The van der Waals surface area contributed by atoms with Gasteiger partial charge in [-0.1, -0.05) is 48.5 Å². The molecule has 3 aromatic rings. The topological polar surface area (TPSA) is 38.8 Å². The number of hydrogen-bond acceptors (Lipinski definition) is 3. The zero-order chi connectivity index (χ0) is 19.3. The van der Waals surface area contributed by atoms with Gasteiger partial charge in [-0.3, -0.25) is 4.79 Å².